The Morgan fingerprint density at radius 2 is 1.85 bits per heavy atom. The number of unbranched alkanes of at least 4 members (excludes halogenated alkanes) is 1. The van der Waals surface area contributed by atoms with E-state index in [1.54, 1.807) is 18.2 Å². The third kappa shape index (κ3) is 6.02. The van der Waals surface area contributed by atoms with Crippen molar-refractivity contribution in [3.05, 3.63) is 59.7 Å². The Hall–Kier alpha value is -3.02. The van der Waals surface area contributed by atoms with Crippen LogP contribution in [-0.2, 0) is 11.2 Å². The molecular formula is C21H25NO5. The number of rotatable bonds is 10. The van der Waals surface area contributed by atoms with Crippen molar-refractivity contribution in [3.63, 3.8) is 0 Å². The molecule has 0 spiro atoms. The monoisotopic (exact) mass is 371 g/mol. The highest BCUT2D eigenvalue weighted by Crippen LogP contribution is 2.28. The third-order valence-corrected chi connectivity index (χ3v) is 4.07. The van der Waals surface area contributed by atoms with Gasteiger partial charge in [0.2, 0.25) is 0 Å². The van der Waals surface area contributed by atoms with Gasteiger partial charge in [-0.1, -0.05) is 43.7 Å². The summed E-state index contributed by atoms with van der Waals surface area (Å²) >= 11 is 0. The molecule has 0 aliphatic heterocycles. The summed E-state index contributed by atoms with van der Waals surface area (Å²) in [4.78, 5) is 24.1. The van der Waals surface area contributed by atoms with Gasteiger partial charge in [-0.05, 0) is 30.2 Å². The van der Waals surface area contributed by atoms with Gasteiger partial charge in [0.25, 0.3) is 5.91 Å². The first-order valence-corrected chi connectivity index (χ1v) is 8.93. The lowest BCUT2D eigenvalue weighted by Gasteiger charge is -2.16. The fraction of sp³-hybridized carbons (Fsp3) is 0.333. The summed E-state index contributed by atoms with van der Waals surface area (Å²) in [6.07, 6.45) is 2.14. The van der Waals surface area contributed by atoms with E-state index in [-0.39, 0.29) is 6.42 Å². The highest BCUT2D eigenvalue weighted by atomic mass is 16.5. The number of carbonyl (C=O) groups excluding carboxylic acids is 1. The number of aliphatic carboxylic acids is 1. The topological polar surface area (TPSA) is 84.9 Å². The SMILES string of the molecule is CCCCOc1ccc(C(=O)NC(Cc2ccccc2)C(=O)O)cc1OC. The zero-order valence-electron chi connectivity index (χ0n) is 15.6. The Bertz CT molecular complexity index is 760. The van der Waals surface area contributed by atoms with Crippen molar-refractivity contribution in [1.29, 1.82) is 0 Å². The average molecular weight is 371 g/mol. The van der Waals surface area contributed by atoms with Crippen LogP contribution < -0.4 is 14.8 Å². The van der Waals surface area contributed by atoms with Crippen LogP contribution in [0, 0.1) is 0 Å². The highest BCUT2D eigenvalue weighted by molar-refractivity contribution is 5.97. The standard InChI is InChI=1S/C21H25NO5/c1-3-4-12-27-18-11-10-16(14-19(18)26-2)20(23)22-17(21(24)25)13-15-8-6-5-7-9-15/h5-11,14,17H,3-4,12-13H2,1-2H3,(H,22,23)(H,24,25). The van der Waals surface area contributed by atoms with E-state index < -0.39 is 17.9 Å². The summed E-state index contributed by atoms with van der Waals surface area (Å²) in [7, 11) is 1.50. The molecule has 144 valence electrons. The summed E-state index contributed by atoms with van der Waals surface area (Å²) in [6.45, 7) is 2.64. The largest absolute Gasteiger partial charge is 0.493 e. The second-order valence-corrected chi connectivity index (χ2v) is 6.12. The summed E-state index contributed by atoms with van der Waals surface area (Å²) in [6, 6.07) is 13.0. The summed E-state index contributed by atoms with van der Waals surface area (Å²) < 4.78 is 10.9. The van der Waals surface area contributed by atoms with Crippen molar-refractivity contribution >= 4 is 11.9 Å². The highest BCUT2D eigenvalue weighted by Gasteiger charge is 2.22. The first-order chi connectivity index (χ1) is 13.0. The van der Waals surface area contributed by atoms with E-state index in [0.717, 1.165) is 18.4 Å². The van der Waals surface area contributed by atoms with E-state index >= 15 is 0 Å². The third-order valence-electron chi connectivity index (χ3n) is 4.07. The molecule has 0 radical (unpaired) electrons. The predicted molar refractivity (Wildman–Crippen MR) is 102 cm³/mol. The van der Waals surface area contributed by atoms with Gasteiger partial charge in [-0.2, -0.15) is 0 Å². The van der Waals surface area contributed by atoms with Crippen LogP contribution in [0.15, 0.2) is 48.5 Å². The van der Waals surface area contributed by atoms with Crippen molar-refractivity contribution in [2.75, 3.05) is 13.7 Å². The van der Waals surface area contributed by atoms with Crippen LogP contribution in [-0.4, -0.2) is 36.7 Å². The molecule has 0 bridgehead atoms. The number of amides is 1. The molecule has 1 unspecified atom stereocenters. The molecule has 1 amide bonds. The van der Waals surface area contributed by atoms with Crippen molar-refractivity contribution in [2.45, 2.75) is 32.2 Å². The number of methoxy groups -OCH3 is 1. The van der Waals surface area contributed by atoms with Crippen molar-refractivity contribution < 1.29 is 24.2 Å². The number of hydrogen-bond acceptors (Lipinski definition) is 4. The van der Waals surface area contributed by atoms with Gasteiger partial charge in [-0.15, -0.1) is 0 Å². The minimum atomic E-state index is -1.08. The maximum atomic E-state index is 12.5. The molecular weight excluding hydrogens is 346 g/mol. The van der Waals surface area contributed by atoms with E-state index in [4.69, 9.17) is 9.47 Å². The van der Waals surface area contributed by atoms with Crippen LogP contribution in [0.3, 0.4) is 0 Å². The lowest BCUT2D eigenvalue weighted by atomic mass is 10.1. The van der Waals surface area contributed by atoms with E-state index in [0.29, 0.717) is 23.7 Å². The lowest BCUT2D eigenvalue weighted by molar-refractivity contribution is -0.139. The van der Waals surface area contributed by atoms with Crippen LogP contribution in [0.25, 0.3) is 0 Å². The molecule has 27 heavy (non-hydrogen) atoms. The minimum absolute atomic E-state index is 0.206. The molecule has 0 aromatic heterocycles. The first kappa shape index (κ1) is 20.3. The van der Waals surface area contributed by atoms with Gasteiger partial charge < -0.3 is 19.9 Å². The second-order valence-electron chi connectivity index (χ2n) is 6.12. The van der Waals surface area contributed by atoms with Crippen molar-refractivity contribution in [3.8, 4) is 11.5 Å². The van der Waals surface area contributed by atoms with Crippen molar-refractivity contribution in [2.24, 2.45) is 0 Å². The zero-order valence-corrected chi connectivity index (χ0v) is 15.6. The van der Waals surface area contributed by atoms with Gasteiger partial charge in [0.05, 0.1) is 13.7 Å². The fourth-order valence-electron chi connectivity index (χ4n) is 2.55. The molecule has 2 aromatic rings. The normalized spacial score (nSPS) is 11.5. The summed E-state index contributed by atoms with van der Waals surface area (Å²) in [5, 5.41) is 12.0. The molecule has 6 heteroatoms. The quantitative estimate of drug-likeness (QED) is 0.626. The van der Waals surface area contributed by atoms with E-state index in [2.05, 4.69) is 12.2 Å². The molecule has 6 nitrogen and oxygen atoms in total. The summed E-state index contributed by atoms with van der Waals surface area (Å²) in [5.74, 6) is -0.564. The molecule has 0 aliphatic carbocycles. The van der Waals surface area contributed by atoms with Gasteiger partial charge in [0.1, 0.15) is 6.04 Å². The van der Waals surface area contributed by atoms with Gasteiger partial charge in [-0.25, -0.2) is 4.79 Å². The number of carbonyl (C=O) groups is 2. The number of carboxylic acids is 1. The molecule has 0 fully saturated rings. The second kappa shape index (κ2) is 10.2. The molecule has 2 aromatic carbocycles. The Balaban J connectivity index is 2.09. The molecule has 0 aliphatic rings. The van der Waals surface area contributed by atoms with Crippen LogP contribution >= 0.6 is 0 Å². The Morgan fingerprint density at radius 3 is 2.48 bits per heavy atom. The number of carboxylic acid groups (broad SMARTS) is 1. The number of benzene rings is 2. The minimum Gasteiger partial charge on any atom is -0.493 e. The molecule has 2 rings (SSSR count). The van der Waals surface area contributed by atoms with E-state index in [9.17, 15) is 14.7 Å². The van der Waals surface area contributed by atoms with Crippen LogP contribution in [0.5, 0.6) is 11.5 Å². The maximum Gasteiger partial charge on any atom is 0.326 e. The average Bonchev–Trinajstić information content (AvgIpc) is 2.68. The van der Waals surface area contributed by atoms with Crippen LogP contribution in [0.2, 0.25) is 0 Å². The smallest absolute Gasteiger partial charge is 0.326 e. The zero-order chi connectivity index (χ0) is 19.6. The Morgan fingerprint density at radius 1 is 1.11 bits per heavy atom. The molecule has 0 saturated heterocycles. The fourth-order valence-corrected chi connectivity index (χ4v) is 2.55. The van der Waals surface area contributed by atoms with E-state index in [1.165, 1.54) is 7.11 Å². The molecule has 0 saturated carbocycles. The van der Waals surface area contributed by atoms with Crippen LogP contribution in [0.1, 0.15) is 35.7 Å². The first-order valence-electron chi connectivity index (χ1n) is 8.93. The maximum absolute atomic E-state index is 12.5. The predicted octanol–water partition coefficient (Wildman–Crippen LogP) is 3.30. The molecule has 2 N–H and O–H groups in total. The molecule has 1 atom stereocenters. The van der Waals surface area contributed by atoms with Crippen LogP contribution in [0.4, 0.5) is 0 Å². The number of ether oxygens (including phenoxy) is 2. The van der Waals surface area contributed by atoms with E-state index in [1.807, 2.05) is 30.3 Å². The van der Waals surface area contributed by atoms with Crippen molar-refractivity contribution in [1.82, 2.24) is 5.32 Å². The number of nitrogens with one attached hydrogen (secondary N) is 1. The Kier molecular flexibility index (Phi) is 7.67. The molecule has 0 heterocycles. The summed E-state index contributed by atoms with van der Waals surface area (Å²) in [5.41, 5.74) is 1.15. The number of hydrogen-bond donors (Lipinski definition) is 2. The Labute approximate surface area is 159 Å². The van der Waals surface area contributed by atoms with Gasteiger partial charge in [0.15, 0.2) is 11.5 Å². The van der Waals surface area contributed by atoms with Gasteiger partial charge in [0, 0.05) is 12.0 Å². The lowest BCUT2D eigenvalue weighted by Crippen LogP contribution is -2.42. The van der Waals surface area contributed by atoms with Gasteiger partial charge in [-0.3, -0.25) is 4.79 Å². The van der Waals surface area contributed by atoms with Gasteiger partial charge >= 0.3 is 5.97 Å².